The SMILES string of the molecule is Cc1csc(SCC2CCN(C(=O)Cc3ccccc3Cl)CC2)n1. The second kappa shape index (κ2) is 8.37. The predicted molar refractivity (Wildman–Crippen MR) is 102 cm³/mol. The molecule has 1 aromatic heterocycles. The molecule has 1 saturated heterocycles. The minimum Gasteiger partial charge on any atom is -0.342 e. The van der Waals surface area contributed by atoms with Gasteiger partial charge in [-0.05, 0) is 37.3 Å². The van der Waals surface area contributed by atoms with Crippen LogP contribution in [0.4, 0.5) is 0 Å². The van der Waals surface area contributed by atoms with Crippen molar-refractivity contribution in [2.24, 2.45) is 5.92 Å². The standard InChI is InChI=1S/C18H21ClN2OS2/c1-13-11-23-18(20-13)24-12-14-6-8-21(9-7-14)17(22)10-15-4-2-3-5-16(15)19/h2-5,11,14H,6-10,12H2,1H3. The van der Waals surface area contributed by atoms with E-state index in [4.69, 9.17) is 11.6 Å². The van der Waals surface area contributed by atoms with Gasteiger partial charge < -0.3 is 4.90 Å². The third kappa shape index (κ3) is 4.74. The van der Waals surface area contributed by atoms with Gasteiger partial charge in [-0.2, -0.15) is 0 Å². The highest BCUT2D eigenvalue weighted by Crippen LogP contribution is 2.29. The summed E-state index contributed by atoms with van der Waals surface area (Å²) in [5.41, 5.74) is 2.02. The lowest BCUT2D eigenvalue weighted by Gasteiger charge is -2.32. The van der Waals surface area contributed by atoms with E-state index in [2.05, 4.69) is 10.4 Å². The molecule has 1 aliphatic rings. The number of piperidine rings is 1. The van der Waals surface area contributed by atoms with Crippen molar-refractivity contribution >= 4 is 40.6 Å². The molecule has 0 bridgehead atoms. The Kier molecular flexibility index (Phi) is 6.19. The largest absolute Gasteiger partial charge is 0.342 e. The first-order valence-electron chi connectivity index (χ1n) is 8.18. The number of nitrogens with zero attached hydrogens (tertiary/aromatic N) is 2. The fraction of sp³-hybridized carbons (Fsp3) is 0.444. The van der Waals surface area contributed by atoms with Crippen molar-refractivity contribution in [2.45, 2.75) is 30.5 Å². The number of aromatic nitrogens is 1. The molecule has 2 heterocycles. The lowest BCUT2D eigenvalue weighted by molar-refractivity contribution is -0.131. The molecule has 1 amide bonds. The number of thiazole rings is 1. The average molecular weight is 381 g/mol. The van der Waals surface area contributed by atoms with Crippen LogP contribution in [0.15, 0.2) is 34.0 Å². The van der Waals surface area contributed by atoms with Crippen molar-refractivity contribution in [3.05, 3.63) is 45.9 Å². The molecule has 0 radical (unpaired) electrons. The molecule has 0 atom stereocenters. The molecule has 0 saturated carbocycles. The number of amides is 1. The van der Waals surface area contributed by atoms with Crippen molar-refractivity contribution in [2.75, 3.05) is 18.8 Å². The molecule has 1 fully saturated rings. The van der Waals surface area contributed by atoms with Gasteiger partial charge in [-0.3, -0.25) is 4.79 Å². The van der Waals surface area contributed by atoms with Gasteiger partial charge in [0.2, 0.25) is 5.91 Å². The molecule has 0 aliphatic carbocycles. The van der Waals surface area contributed by atoms with Crippen LogP contribution < -0.4 is 0 Å². The maximum Gasteiger partial charge on any atom is 0.227 e. The van der Waals surface area contributed by atoms with E-state index < -0.39 is 0 Å². The zero-order valence-electron chi connectivity index (χ0n) is 13.7. The number of benzene rings is 1. The topological polar surface area (TPSA) is 33.2 Å². The van der Waals surface area contributed by atoms with Gasteiger partial charge in [-0.25, -0.2) is 4.98 Å². The fourth-order valence-electron chi connectivity index (χ4n) is 2.85. The zero-order valence-corrected chi connectivity index (χ0v) is 16.1. The van der Waals surface area contributed by atoms with Crippen LogP contribution in [-0.2, 0) is 11.2 Å². The molecule has 3 nitrogen and oxygen atoms in total. The van der Waals surface area contributed by atoms with Gasteiger partial charge in [-0.15, -0.1) is 11.3 Å². The van der Waals surface area contributed by atoms with Gasteiger partial charge in [0.05, 0.1) is 6.42 Å². The number of thioether (sulfide) groups is 1. The number of carbonyl (C=O) groups excluding carboxylic acids is 1. The molecule has 3 rings (SSSR count). The smallest absolute Gasteiger partial charge is 0.227 e. The second-order valence-electron chi connectivity index (χ2n) is 6.16. The van der Waals surface area contributed by atoms with Crippen molar-refractivity contribution < 1.29 is 4.79 Å². The summed E-state index contributed by atoms with van der Waals surface area (Å²) < 4.78 is 1.16. The maximum atomic E-state index is 12.5. The zero-order chi connectivity index (χ0) is 16.9. The van der Waals surface area contributed by atoms with Crippen LogP contribution in [0.25, 0.3) is 0 Å². The average Bonchev–Trinajstić information content (AvgIpc) is 3.01. The Bertz CT molecular complexity index is 696. The summed E-state index contributed by atoms with van der Waals surface area (Å²) in [5, 5.41) is 2.77. The van der Waals surface area contributed by atoms with Crippen LogP contribution >= 0.6 is 34.7 Å². The second-order valence-corrected chi connectivity index (χ2v) is 8.69. The third-order valence-corrected chi connectivity index (χ3v) is 7.05. The van der Waals surface area contributed by atoms with E-state index in [0.29, 0.717) is 17.4 Å². The van der Waals surface area contributed by atoms with E-state index in [9.17, 15) is 4.79 Å². The third-order valence-electron chi connectivity index (χ3n) is 4.31. The Morgan fingerprint density at radius 2 is 2.12 bits per heavy atom. The molecule has 6 heteroatoms. The van der Waals surface area contributed by atoms with E-state index >= 15 is 0 Å². The number of likely N-dealkylation sites (tertiary alicyclic amines) is 1. The lowest BCUT2D eigenvalue weighted by atomic mass is 9.98. The molecular formula is C18H21ClN2OS2. The molecule has 0 spiro atoms. The number of carbonyl (C=O) groups is 1. The summed E-state index contributed by atoms with van der Waals surface area (Å²) in [6.07, 6.45) is 2.55. The molecule has 1 aromatic carbocycles. The van der Waals surface area contributed by atoms with Crippen molar-refractivity contribution in [1.82, 2.24) is 9.88 Å². The first-order chi connectivity index (χ1) is 11.6. The lowest BCUT2D eigenvalue weighted by Crippen LogP contribution is -2.39. The molecule has 24 heavy (non-hydrogen) atoms. The van der Waals surface area contributed by atoms with Crippen LogP contribution in [0.5, 0.6) is 0 Å². The van der Waals surface area contributed by atoms with Crippen LogP contribution in [-0.4, -0.2) is 34.6 Å². The number of aryl methyl sites for hydroxylation is 1. The molecule has 0 unspecified atom stereocenters. The van der Waals surface area contributed by atoms with Crippen LogP contribution in [0.3, 0.4) is 0 Å². The molecular weight excluding hydrogens is 360 g/mol. The van der Waals surface area contributed by atoms with Gasteiger partial charge in [0, 0.05) is 34.9 Å². The minimum atomic E-state index is 0.185. The van der Waals surface area contributed by atoms with Gasteiger partial charge in [-0.1, -0.05) is 41.6 Å². The highest BCUT2D eigenvalue weighted by Gasteiger charge is 2.23. The van der Waals surface area contributed by atoms with Gasteiger partial charge >= 0.3 is 0 Å². The first-order valence-corrected chi connectivity index (χ1v) is 10.4. The van der Waals surface area contributed by atoms with Crippen LogP contribution in [0.2, 0.25) is 5.02 Å². The van der Waals surface area contributed by atoms with Crippen LogP contribution in [0, 0.1) is 12.8 Å². The summed E-state index contributed by atoms with van der Waals surface area (Å²) in [6, 6.07) is 7.59. The first kappa shape index (κ1) is 17.8. The van der Waals surface area contributed by atoms with E-state index in [-0.39, 0.29) is 5.91 Å². The van der Waals surface area contributed by atoms with Gasteiger partial charge in [0.25, 0.3) is 0 Å². The Labute approximate surface area is 156 Å². The Morgan fingerprint density at radius 3 is 2.79 bits per heavy atom. The van der Waals surface area contributed by atoms with E-state index in [1.807, 2.05) is 47.9 Å². The molecule has 2 aromatic rings. The van der Waals surface area contributed by atoms with Crippen LogP contribution in [0.1, 0.15) is 24.1 Å². The monoisotopic (exact) mass is 380 g/mol. The number of hydrogen-bond donors (Lipinski definition) is 0. The number of rotatable bonds is 5. The number of halogens is 1. The summed E-state index contributed by atoms with van der Waals surface area (Å²) in [7, 11) is 0. The Hall–Kier alpha value is -1.04. The highest BCUT2D eigenvalue weighted by molar-refractivity contribution is 8.01. The van der Waals surface area contributed by atoms with Crippen molar-refractivity contribution in [3.8, 4) is 0 Å². The Balaban J connectivity index is 1.44. The van der Waals surface area contributed by atoms with Gasteiger partial charge in [0.15, 0.2) is 0 Å². The normalized spacial score (nSPS) is 15.7. The summed E-state index contributed by atoms with van der Waals surface area (Å²) in [4.78, 5) is 18.9. The molecule has 1 aliphatic heterocycles. The minimum absolute atomic E-state index is 0.185. The highest BCUT2D eigenvalue weighted by atomic mass is 35.5. The molecule has 128 valence electrons. The summed E-state index contributed by atoms with van der Waals surface area (Å²) in [5.74, 6) is 1.95. The fourth-order valence-corrected chi connectivity index (χ4v) is 5.12. The van der Waals surface area contributed by atoms with Crippen molar-refractivity contribution in [3.63, 3.8) is 0 Å². The van der Waals surface area contributed by atoms with E-state index in [0.717, 1.165) is 47.3 Å². The quantitative estimate of drug-likeness (QED) is 0.706. The maximum absolute atomic E-state index is 12.5. The van der Waals surface area contributed by atoms with E-state index in [1.165, 1.54) is 0 Å². The molecule has 0 N–H and O–H groups in total. The Morgan fingerprint density at radius 1 is 1.38 bits per heavy atom. The van der Waals surface area contributed by atoms with E-state index in [1.54, 1.807) is 11.3 Å². The summed E-state index contributed by atoms with van der Waals surface area (Å²) in [6.45, 7) is 3.74. The summed E-state index contributed by atoms with van der Waals surface area (Å²) >= 11 is 9.72. The number of hydrogen-bond acceptors (Lipinski definition) is 4. The van der Waals surface area contributed by atoms with Crippen molar-refractivity contribution in [1.29, 1.82) is 0 Å². The predicted octanol–water partition coefficient (Wildman–Crippen LogP) is 4.68. The van der Waals surface area contributed by atoms with Gasteiger partial charge in [0.1, 0.15) is 4.34 Å².